The van der Waals surface area contributed by atoms with Crippen LogP contribution >= 0.6 is 0 Å². The third kappa shape index (κ3) is 4.55. The second kappa shape index (κ2) is 9.55. The molecule has 9 nitrogen and oxygen atoms in total. The second-order valence-electron chi connectivity index (χ2n) is 7.94. The van der Waals surface area contributed by atoms with E-state index in [0.29, 0.717) is 55.8 Å². The van der Waals surface area contributed by atoms with Gasteiger partial charge in [0.1, 0.15) is 19.0 Å². The molecule has 1 aromatic heterocycles. The fourth-order valence-corrected chi connectivity index (χ4v) is 5.19. The minimum Gasteiger partial charge on any atom is -0.494 e. The average Bonchev–Trinajstić information content (AvgIpc) is 3.53. The number of hydrogen-bond acceptors (Lipinski definition) is 9. The van der Waals surface area contributed by atoms with E-state index in [0.717, 1.165) is 12.8 Å². The molecular weight excluding hydrogens is 460 g/mol. The molecule has 0 aliphatic carbocycles. The van der Waals surface area contributed by atoms with Gasteiger partial charge in [0.15, 0.2) is 11.5 Å². The number of nitrogens with one attached hydrogen (secondary N) is 1. The Balaban J connectivity index is 1.50. The molecule has 34 heavy (non-hydrogen) atoms. The zero-order valence-corrected chi connectivity index (χ0v) is 19.6. The van der Waals surface area contributed by atoms with Crippen molar-refractivity contribution in [3.8, 4) is 28.7 Å². The first kappa shape index (κ1) is 22.5. The third-order valence-electron chi connectivity index (χ3n) is 5.60. The van der Waals surface area contributed by atoms with Gasteiger partial charge in [0, 0.05) is 24.8 Å². The van der Waals surface area contributed by atoms with Crippen LogP contribution in [0, 0.1) is 0 Å². The van der Waals surface area contributed by atoms with E-state index in [-0.39, 0.29) is 27.8 Å². The summed E-state index contributed by atoms with van der Waals surface area (Å²) in [7, 11) is -4.02. The monoisotopic (exact) mass is 486 g/mol. The summed E-state index contributed by atoms with van der Waals surface area (Å²) >= 11 is 0. The van der Waals surface area contributed by atoms with E-state index in [1.807, 2.05) is 6.92 Å². The molecule has 1 fully saturated rings. The van der Waals surface area contributed by atoms with Crippen molar-refractivity contribution >= 4 is 15.7 Å². The van der Waals surface area contributed by atoms with Crippen LogP contribution < -0.4 is 19.5 Å². The van der Waals surface area contributed by atoms with Gasteiger partial charge in [-0.05, 0) is 56.2 Å². The maximum Gasteiger partial charge on any atom is 0.233 e. The van der Waals surface area contributed by atoms with Crippen molar-refractivity contribution in [2.45, 2.75) is 35.8 Å². The topological polar surface area (TPSA) is 109 Å². The van der Waals surface area contributed by atoms with E-state index in [1.165, 1.54) is 12.1 Å². The fraction of sp³-hybridized carbons (Fsp3) is 0.375. The van der Waals surface area contributed by atoms with Gasteiger partial charge in [-0.15, -0.1) is 0 Å². The van der Waals surface area contributed by atoms with Crippen LogP contribution in [-0.2, 0) is 14.6 Å². The lowest BCUT2D eigenvalue weighted by atomic mass is 10.2. The molecule has 1 unspecified atom stereocenters. The first-order valence-electron chi connectivity index (χ1n) is 11.3. The Morgan fingerprint density at radius 2 is 1.85 bits per heavy atom. The highest BCUT2D eigenvalue weighted by Crippen LogP contribution is 2.37. The van der Waals surface area contributed by atoms with Crippen LogP contribution in [0.1, 0.15) is 19.8 Å². The molecular formula is C24H26N2O7S. The number of benzene rings is 2. The number of hydrogen-bond donors (Lipinski definition) is 1. The lowest BCUT2D eigenvalue weighted by Crippen LogP contribution is -2.19. The van der Waals surface area contributed by atoms with Crippen LogP contribution in [0.15, 0.2) is 56.8 Å². The fourth-order valence-electron chi connectivity index (χ4n) is 3.90. The van der Waals surface area contributed by atoms with Crippen molar-refractivity contribution in [2.75, 3.05) is 38.3 Å². The molecule has 1 atom stereocenters. The van der Waals surface area contributed by atoms with E-state index in [9.17, 15) is 8.42 Å². The minimum absolute atomic E-state index is 0.0103. The summed E-state index contributed by atoms with van der Waals surface area (Å²) in [6.07, 6.45) is 1.86. The molecule has 5 rings (SSSR count). The molecule has 3 aromatic rings. The molecule has 10 heteroatoms. The van der Waals surface area contributed by atoms with Gasteiger partial charge in [-0.1, -0.05) is 0 Å². The molecule has 0 radical (unpaired) electrons. The molecule has 2 aliphatic heterocycles. The lowest BCUT2D eigenvalue weighted by Gasteiger charge is -2.18. The molecule has 0 amide bonds. The predicted octanol–water partition coefficient (Wildman–Crippen LogP) is 3.94. The number of sulfone groups is 1. The predicted molar refractivity (Wildman–Crippen MR) is 123 cm³/mol. The number of oxazole rings is 1. The molecule has 180 valence electrons. The maximum absolute atomic E-state index is 13.6. The smallest absolute Gasteiger partial charge is 0.233 e. The van der Waals surface area contributed by atoms with Crippen molar-refractivity contribution in [3.63, 3.8) is 0 Å². The molecule has 1 saturated heterocycles. The van der Waals surface area contributed by atoms with Crippen molar-refractivity contribution in [1.29, 1.82) is 0 Å². The molecule has 1 N–H and O–H groups in total. The third-order valence-corrected chi connectivity index (χ3v) is 7.26. The van der Waals surface area contributed by atoms with Gasteiger partial charge in [0.25, 0.3) is 0 Å². The largest absolute Gasteiger partial charge is 0.494 e. The zero-order valence-electron chi connectivity index (χ0n) is 18.8. The summed E-state index contributed by atoms with van der Waals surface area (Å²) in [5, 5.41) is 2.91. The van der Waals surface area contributed by atoms with Crippen molar-refractivity contribution in [3.05, 3.63) is 42.5 Å². The zero-order chi connectivity index (χ0) is 23.5. The van der Waals surface area contributed by atoms with Crippen molar-refractivity contribution in [2.24, 2.45) is 0 Å². The summed E-state index contributed by atoms with van der Waals surface area (Å²) in [5.74, 6) is 1.87. The lowest BCUT2D eigenvalue weighted by molar-refractivity contribution is 0.120. The highest BCUT2D eigenvalue weighted by atomic mass is 32.2. The maximum atomic E-state index is 13.6. The highest BCUT2D eigenvalue weighted by Gasteiger charge is 2.30. The average molecular weight is 487 g/mol. The number of ether oxygens (including phenoxy) is 4. The van der Waals surface area contributed by atoms with E-state index in [2.05, 4.69) is 10.3 Å². The van der Waals surface area contributed by atoms with Gasteiger partial charge in [-0.2, -0.15) is 4.98 Å². The Bertz CT molecular complexity index is 1250. The summed E-state index contributed by atoms with van der Waals surface area (Å²) < 4.78 is 55.4. The van der Waals surface area contributed by atoms with E-state index < -0.39 is 9.84 Å². The molecule has 2 aromatic carbocycles. The van der Waals surface area contributed by atoms with Crippen molar-refractivity contribution < 1.29 is 31.8 Å². The van der Waals surface area contributed by atoms with Crippen LogP contribution in [0.2, 0.25) is 0 Å². The van der Waals surface area contributed by atoms with Gasteiger partial charge >= 0.3 is 0 Å². The van der Waals surface area contributed by atoms with Gasteiger partial charge in [-0.25, -0.2) is 8.42 Å². The normalized spacial score (nSPS) is 17.5. The van der Waals surface area contributed by atoms with Crippen LogP contribution in [-0.4, -0.2) is 52.5 Å². The second-order valence-corrected chi connectivity index (χ2v) is 9.80. The van der Waals surface area contributed by atoms with Gasteiger partial charge in [-0.3, -0.25) is 0 Å². The summed E-state index contributed by atoms with van der Waals surface area (Å²) in [6.45, 7) is 4.35. The highest BCUT2D eigenvalue weighted by molar-refractivity contribution is 7.91. The van der Waals surface area contributed by atoms with Crippen LogP contribution in [0.25, 0.3) is 11.5 Å². The molecule has 0 bridgehead atoms. The number of anilines is 1. The van der Waals surface area contributed by atoms with Crippen LogP contribution in [0.4, 0.5) is 5.88 Å². The van der Waals surface area contributed by atoms with E-state index in [1.54, 1.807) is 30.3 Å². The Labute approximate surface area is 197 Å². The number of rotatable bonds is 8. The first-order valence-corrected chi connectivity index (χ1v) is 12.8. The quantitative estimate of drug-likeness (QED) is 0.506. The van der Waals surface area contributed by atoms with Gasteiger partial charge in [0.05, 0.1) is 17.6 Å². The van der Waals surface area contributed by atoms with E-state index >= 15 is 0 Å². The Hall–Kier alpha value is -3.24. The van der Waals surface area contributed by atoms with Crippen LogP contribution in [0.5, 0.6) is 17.2 Å². The van der Waals surface area contributed by atoms with E-state index in [4.69, 9.17) is 23.4 Å². The molecule has 3 heterocycles. The minimum atomic E-state index is -4.02. The molecule has 0 saturated carbocycles. The number of nitrogens with zero attached hydrogens (tertiary/aromatic N) is 1. The SMILES string of the molecule is CCOc1ccc(-c2nc(S(=O)(=O)c3ccc4c(c3)OCCO4)c(NCC3CCCO3)o2)cc1. The summed E-state index contributed by atoms with van der Waals surface area (Å²) in [6, 6.07) is 11.7. The Morgan fingerprint density at radius 3 is 2.59 bits per heavy atom. The molecule has 2 aliphatic rings. The Morgan fingerprint density at radius 1 is 1.06 bits per heavy atom. The Kier molecular flexibility index (Phi) is 6.34. The molecule has 0 spiro atoms. The summed E-state index contributed by atoms with van der Waals surface area (Å²) in [5.41, 5.74) is 0.632. The number of fused-ring (bicyclic) bond motifs is 1. The number of aromatic nitrogens is 1. The first-order chi connectivity index (χ1) is 16.5. The van der Waals surface area contributed by atoms with Crippen LogP contribution in [0.3, 0.4) is 0 Å². The standard InChI is InChI=1S/C24H26N2O7S/c1-2-29-17-7-5-16(6-8-17)22-26-24(23(33-22)25-15-18-4-3-11-30-18)34(27,28)19-9-10-20-21(14-19)32-13-12-31-20/h5-10,14,18,25H,2-4,11-13,15H2,1H3. The van der Waals surface area contributed by atoms with Crippen molar-refractivity contribution in [1.82, 2.24) is 4.98 Å². The van der Waals surface area contributed by atoms with Gasteiger partial charge < -0.3 is 28.7 Å². The summed E-state index contributed by atoms with van der Waals surface area (Å²) in [4.78, 5) is 4.44. The van der Waals surface area contributed by atoms with Gasteiger partial charge in [0.2, 0.25) is 26.6 Å².